The van der Waals surface area contributed by atoms with Crippen LogP contribution in [-0.2, 0) is 28.1 Å². The number of para-hydroxylation sites is 1. The maximum absolute atomic E-state index is 13.9. The van der Waals surface area contributed by atoms with Crippen molar-refractivity contribution in [2.24, 2.45) is 5.92 Å². The summed E-state index contributed by atoms with van der Waals surface area (Å²) in [5.74, 6) is -0.748. The molecule has 3 aliphatic rings. The Kier molecular flexibility index (Phi) is 6.87. The van der Waals surface area contributed by atoms with Gasteiger partial charge in [-0.2, -0.15) is 5.09 Å². The zero-order valence-electron chi connectivity index (χ0n) is 21.1. The molecule has 3 heterocycles. The topological polar surface area (TPSA) is 167 Å². The number of nitrogens with one attached hydrogen (secondary N) is 2. The molecule has 2 aromatic rings. The Morgan fingerprint density at radius 3 is 2.63 bits per heavy atom. The van der Waals surface area contributed by atoms with Crippen LogP contribution in [0, 0.1) is 5.92 Å². The summed E-state index contributed by atoms with van der Waals surface area (Å²) in [6.07, 6.45) is -0.994. The molecule has 2 aliphatic heterocycles. The molecule has 1 aromatic carbocycles. The van der Waals surface area contributed by atoms with Crippen molar-refractivity contribution in [3.63, 3.8) is 0 Å². The SMILES string of the molecule is CC[C@H](NP(=O)(OC[C@H]1O[C@@H](n2ccc(=O)[nH]c2=O)[C@@]23OCC2[C@@]13O)Oc1ccccc1)C(=O)OC(C)C. The van der Waals surface area contributed by atoms with Crippen LogP contribution in [0.15, 0.2) is 52.2 Å². The molecule has 14 heteroatoms. The molecule has 3 N–H and O–H groups in total. The largest absolute Gasteiger partial charge is 0.462 e. The van der Waals surface area contributed by atoms with Crippen LogP contribution < -0.4 is 20.9 Å². The van der Waals surface area contributed by atoms with E-state index in [4.69, 9.17) is 23.3 Å². The molecule has 206 valence electrons. The summed E-state index contributed by atoms with van der Waals surface area (Å²) in [6, 6.07) is 8.43. The van der Waals surface area contributed by atoms with Crippen LogP contribution >= 0.6 is 7.75 Å². The van der Waals surface area contributed by atoms with Crippen molar-refractivity contribution in [1.29, 1.82) is 0 Å². The van der Waals surface area contributed by atoms with Gasteiger partial charge in [-0.25, -0.2) is 9.36 Å². The number of benzene rings is 1. The third kappa shape index (κ3) is 4.33. The molecule has 7 atom stereocenters. The zero-order valence-corrected chi connectivity index (χ0v) is 22.0. The number of carbonyl (C=O) groups excluding carboxylic acids is 1. The third-order valence-electron chi connectivity index (χ3n) is 7.06. The van der Waals surface area contributed by atoms with Crippen LogP contribution in [0.2, 0.25) is 0 Å². The van der Waals surface area contributed by atoms with E-state index in [0.29, 0.717) is 0 Å². The molecule has 1 aromatic heterocycles. The van der Waals surface area contributed by atoms with E-state index in [1.54, 1.807) is 51.1 Å². The summed E-state index contributed by atoms with van der Waals surface area (Å²) in [5, 5.41) is 14.1. The first kappa shape index (κ1) is 26.8. The summed E-state index contributed by atoms with van der Waals surface area (Å²) in [7, 11) is -4.23. The first-order valence-corrected chi connectivity index (χ1v) is 13.9. The first-order chi connectivity index (χ1) is 18.0. The minimum Gasteiger partial charge on any atom is -0.462 e. The highest BCUT2D eigenvalue weighted by Crippen LogP contribution is 2.75. The van der Waals surface area contributed by atoms with Crippen LogP contribution in [0.4, 0.5) is 0 Å². The Labute approximate surface area is 217 Å². The summed E-state index contributed by atoms with van der Waals surface area (Å²) >= 11 is 0. The lowest BCUT2D eigenvalue weighted by molar-refractivity contribution is -0.178. The third-order valence-corrected chi connectivity index (χ3v) is 8.63. The highest BCUT2D eigenvalue weighted by molar-refractivity contribution is 7.52. The zero-order chi connectivity index (χ0) is 27.3. The summed E-state index contributed by atoms with van der Waals surface area (Å²) < 4.78 is 43.5. The molecule has 3 fully saturated rings. The van der Waals surface area contributed by atoms with E-state index in [-0.39, 0.29) is 30.8 Å². The summed E-state index contributed by atoms with van der Waals surface area (Å²) in [5.41, 5.74) is -4.03. The second-order valence-electron chi connectivity index (χ2n) is 9.75. The van der Waals surface area contributed by atoms with Crippen LogP contribution in [-0.4, -0.2) is 63.3 Å². The molecule has 1 aliphatic carbocycles. The number of hydrogen-bond donors (Lipinski definition) is 3. The van der Waals surface area contributed by atoms with Crippen LogP contribution in [0.25, 0.3) is 0 Å². The van der Waals surface area contributed by atoms with Crippen molar-refractivity contribution in [2.45, 2.75) is 62.9 Å². The van der Waals surface area contributed by atoms with Gasteiger partial charge in [0.25, 0.3) is 5.56 Å². The second-order valence-corrected chi connectivity index (χ2v) is 11.4. The maximum atomic E-state index is 13.9. The Morgan fingerprint density at radius 2 is 2.03 bits per heavy atom. The Morgan fingerprint density at radius 1 is 1.29 bits per heavy atom. The van der Waals surface area contributed by atoms with Crippen LogP contribution in [0.5, 0.6) is 5.75 Å². The molecular formula is C24H30N3O10P. The van der Waals surface area contributed by atoms with Gasteiger partial charge in [0.1, 0.15) is 23.5 Å². The molecule has 5 rings (SSSR count). The van der Waals surface area contributed by atoms with E-state index in [2.05, 4.69) is 10.1 Å². The molecule has 1 spiro atoms. The number of aromatic amines is 1. The number of esters is 1. The van der Waals surface area contributed by atoms with Gasteiger partial charge in [-0.3, -0.25) is 23.7 Å². The number of nitrogens with zero attached hydrogens (tertiary/aromatic N) is 1. The van der Waals surface area contributed by atoms with Crippen molar-refractivity contribution in [2.75, 3.05) is 13.2 Å². The summed E-state index contributed by atoms with van der Waals surface area (Å²) in [4.78, 5) is 38.7. The molecule has 38 heavy (non-hydrogen) atoms. The van der Waals surface area contributed by atoms with Crippen molar-refractivity contribution in [3.05, 3.63) is 63.4 Å². The number of rotatable bonds is 11. The average Bonchev–Trinajstić information content (AvgIpc) is 3.07. The van der Waals surface area contributed by atoms with E-state index < -0.39 is 61.1 Å². The van der Waals surface area contributed by atoms with Gasteiger partial charge in [-0.15, -0.1) is 0 Å². The van der Waals surface area contributed by atoms with Gasteiger partial charge in [-0.1, -0.05) is 25.1 Å². The van der Waals surface area contributed by atoms with Gasteiger partial charge >= 0.3 is 19.4 Å². The molecule has 2 unspecified atom stereocenters. The molecule has 1 saturated carbocycles. The number of ether oxygens (including phenoxy) is 3. The monoisotopic (exact) mass is 551 g/mol. The molecule has 0 radical (unpaired) electrons. The summed E-state index contributed by atoms with van der Waals surface area (Å²) in [6.45, 7) is 4.93. The van der Waals surface area contributed by atoms with E-state index in [0.717, 1.165) is 10.6 Å². The highest BCUT2D eigenvalue weighted by Gasteiger charge is 2.94. The Bertz CT molecular complexity index is 1360. The number of aromatic nitrogens is 2. The lowest BCUT2D eigenvalue weighted by Crippen LogP contribution is -2.44. The van der Waals surface area contributed by atoms with Gasteiger partial charge in [0.05, 0.1) is 25.2 Å². The molecular weight excluding hydrogens is 521 g/mol. The normalized spacial score (nSPS) is 31.4. The molecule has 0 bridgehead atoms. The molecule has 2 saturated heterocycles. The predicted molar refractivity (Wildman–Crippen MR) is 131 cm³/mol. The smallest absolute Gasteiger partial charge is 0.459 e. The van der Waals surface area contributed by atoms with Crippen LogP contribution in [0.1, 0.15) is 33.4 Å². The van der Waals surface area contributed by atoms with Crippen LogP contribution in [0.3, 0.4) is 0 Å². The second kappa shape index (κ2) is 9.74. The number of fused-ring (bicyclic) bond motifs is 1. The van der Waals surface area contributed by atoms with E-state index >= 15 is 0 Å². The van der Waals surface area contributed by atoms with Crippen molar-refractivity contribution in [3.8, 4) is 5.75 Å². The van der Waals surface area contributed by atoms with Crippen molar-refractivity contribution in [1.82, 2.24) is 14.6 Å². The van der Waals surface area contributed by atoms with Gasteiger partial charge in [0.15, 0.2) is 11.8 Å². The fourth-order valence-corrected chi connectivity index (χ4v) is 6.74. The predicted octanol–water partition coefficient (Wildman–Crippen LogP) is 1.09. The van der Waals surface area contributed by atoms with Gasteiger partial charge < -0.3 is 23.8 Å². The fraction of sp³-hybridized carbons (Fsp3) is 0.542. The number of aliphatic hydroxyl groups is 1. The van der Waals surface area contributed by atoms with Gasteiger partial charge in [-0.05, 0) is 32.4 Å². The Balaban J connectivity index is 1.38. The quantitative estimate of drug-likeness (QED) is 0.270. The van der Waals surface area contributed by atoms with E-state index in [9.17, 15) is 24.1 Å². The van der Waals surface area contributed by atoms with Crippen molar-refractivity contribution >= 4 is 13.7 Å². The van der Waals surface area contributed by atoms with Gasteiger partial charge in [0.2, 0.25) is 0 Å². The minimum atomic E-state index is -4.23. The van der Waals surface area contributed by atoms with Gasteiger partial charge in [0, 0.05) is 12.3 Å². The average molecular weight is 551 g/mol. The molecule has 0 amide bonds. The standard InChI is InChI=1S/C24H30N3O10P/c1-4-16(20(29)35-14(2)3)26-38(32,37-15-8-6-5-7-9-15)34-13-18-23(31)17-12-33-24(17,23)21(36-18)27-11-10-19(28)25-22(27)30/h5-11,14,16-18,21,31H,4,12-13H2,1-3H3,(H,26,32)(H,25,28,30)/t16-,17?,18+,21+,23+,24-,38?/m0/s1. The minimum absolute atomic E-state index is 0.227. The lowest BCUT2D eigenvalue weighted by Gasteiger charge is -2.32. The lowest BCUT2D eigenvalue weighted by atomic mass is 10.1. The van der Waals surface area contributed by atoms with E-state index in [1.807, 2.05) is 0 Å². The number of H-pyrrole nitrogens is 1. The molecule has 13 nitrogen and oxygen atoms in total. The first-order valence-electron chi connectivity index (χ1n) is 12.3. The number of carbonyl (C=O) groups is 1. The fourth-order valence-electron chi connectivity index (χ4n) is 5.16. The van der Waals surface area contributed by atoms with E-state index in [1.165, 1.54) is 6.20 Å². The maximum Gasteiger partial charge on any atom is 0.459 e. The van der Waals surface area contributed by atoms with Crippen molar-refractivity contribution < 1.29 is 37.7 Å². The highest BCUT2D eigenvalue weighted by atomic mass is 31.2. The number of hydrogen-bond acceptors (Lipinski definition) is 10. The Hall–Kier alpha value is -2.80.